The molecule has 4 nitrogen and oxygen atoms in total. The van der Waals surface area contributed by atoms with Crippen LogP contribution in [-0.4, -0.2) is 37.8 Å². The maximum atomic E-state index is 13.4. The van der Waals surface area contributed by atoms with Crippen LogP contribution in [0.15, 0.2) is 42.5 Å². The largest absolute Gasteiger partial charge is 0.489 e. The summed E-state index contributed by atoms with van der Waals surface area (Å²) in [5, 5.41) is 1.34. The second kappa shape index (κ2) is 11.7. The van der Waals surface area contributed by atoms with Crippen LogP contribution in [0, 0.1) is 5.92 Å². The van der Waals surface area contributed by atoms with Crippen LogP contribution in [0.1, 0.15) is 64.0 Å². The third-order valence-corrected chi connectivity index (χ3v) is 13.7. The van der Waals surface area contributed by atoms with E-state index in [0.29, 0.717) is 41.0 Å². The fourth-order valence-corrected chi connectivity index (χ4v) is 7.27. The van der Waals surface area contributed by atoms with E-state index < -0.39 is 8.32 Å². The molecule has 2 aromatic rings. The summed E-state index contributed by atoms with van der Waals surface area (Å²) < 4.78 is 12.6. The van der Waals surface area contributed by atoms with E-state index in [4.69, 9.17) is 32.4 Å². The van der Waals surface area contributed by atoms with Gasteiger partial charge in [0, 0.05) is 34.7 Å². The van der Waals surface area contributed by atoms with Gasteiger partial charge in [0.25, 0.3) is 0 Å². The molecule has 2 aliphatic rings. The van der Waals surface area contributed by atoms with Gasteiger partial charge in [-0.1, -0.05) is 74.3 Å². The van der Waals surface area contributed by atoms with Crippen LogP contribution in [0.5, 0.6) is 5.75 Å². The fraction of sp³-hybridized carbons (Fsp3) is 0.567. The number of hydrogen-bond donors (Lipinski definition) is 0. The summed E-state index contributed by atoms with van der Waals surface area (Å²) in [6.45, 7) is 12.8. The Balaban J connectivity index is 1.31. The van der Waals surface area contributed by atoms with Crippen molar-refractivity contribution in [3.63, 3.8) is 0 Å². The van der Waals surface area contributed by atoms with Gasteiger partial charge in [-0.25, -0.2) is 0 Å². The number of amides is 1. The Bertz CT molecular complexity index is 1050. The van der Waals surface area contributed by atoms with Crippen molar-refractivity contribution in [2.45, 2.75) is 96.2 Å². The maximum absolute atomic E-state index is 13.4. The van der Waals surface area contributed by atoms with E-state index in [1.807, 2.05) is 42.5 Å². The van der Waals surface area contributed by atoms with E-state index in [9.17, 15) is 4.79 Å². The Morgan fingerprint density at radius 3 is 2.19 bits per heavy atom. The lowest BCUT2D eigenvalue weighted by molar-refractivity contribution is -0.133. The van der Waals surface area contributed by atoms with E-state index in [1.54, 1.807) is 0 Å². The first-order chi connectivity index (χ1) is 17.4. The first-order valence-electron chi connectivity index (χ1n) is 13.6. The van der Waals surface area contributed by atoms with E-state index in [-0.39, 0.29) is 16.9 Å². The molecule has 0 radical (unpaired) electrons. The first-order valence-corrected chi connectivity index (χ1v) is 17.2. The van der Waals surface area contributed by atoms with Crippen LogP contribution in [0.2, 0.25) is 28.2 Å². The molecule has 1 saturated carbocycles. The molecule has 2 aromatic carbocycles. The Morgan fingerprint density at radius 2 is 1.59 bits per heavy atom. The highest BCUT2D eigenvalue weighted by atomic mass is 35.5. The van der Waals surface area contributed by atoms with Gasteiger partial charge in [-0.05, 0) is 79.9 Å². The minimum absolute atomic E-state index is 0.0766. The SMILES string of the molecule is CC(C)(C)[Si](C)(C)OC1CCC(N2CC[C@@H](Cc3c(Cl)cc(OCc4ccccc4)cc3Cl)C2=O)CC1. The lowest BCUT2D eigenvalue weighted by Crippen LogP contribution is -2.47. The number of ether oxygens (including phenoxy) is 1. The average molecular weight is 563 g/mol. The van der Waals surface area contributed by atoms with Crippen LogP contribution < -0.4 is 4.74 Å². The molecule has 1 heterocycles. The lowest BCUT2D eigenvalue weighted by atomic mass is 9.92. The zero-order chi connectivity index (χ0) is 26.8. The van der Waals surface area contributed by atoms with Gasteiger partial charge >= 0.3 is 0 Å². The molecule has 0 bridgehead atoms. The zero-order valence-electron chi connectivity index (χ0n) is 22.9. The van der Waals surface area contributed by atoms with Gasteiger partial charge in [-0.3, -0.25) is 4.79 Å². The Morgan fingerprint density at radius 1 is 0.973 bits per heavy atom. The molecule has 7 heteroatoms. The van der Waals surface area contributed by atoms with Crippen molar-refractivity contribution >= 4 is 37.4 Å². The number of nitrogens with zero attached hydrogens (tertiary/aromatic N) is 1. The van der Waals surface area contributed by atoms with Crippen molar-refractivity contribution in [2.75, 3.05) is 6.54 Å². The molecule has 1 aliphatic carbocycles. The summed E-state index contributed by atoms with van der Waals surface area (Å²) in [4.78, 5) is 15.5. The van der Waals surface area contributed by atoms with E-state index in [1.165, 1.54) is 0 Å². The molecule has 0 spiro atoms. The van der Waals surface area contributed by atoms with E-state index >= 15 is 0 Å². The molecule has 1 atom stereocenters. The molecular weight excluding hydrogens is 521 g/mol. The number of hydrogen-bond acceptors (Lipinski definition) is 3. The predicted molar refractivity (Wildman–Crippen MR) is 155 cm³/mol. The minimum atomic E-state index is -1.77. The fourth-order valence-electron chi connectivity index (χ4n) is 5.23. The van der Waals surface area contributed by atoms with Crippen LogP contribution >= 0.6 is 23.2 Å². The molecule has 2 fully saturated rings. The van der Waals surface area contributed by atoms with Gasteiger partial charge in [0.2, 0.25) is 5.91 Å². The zero-order valence-corrected chi connectivity index (χ0v) is 25.4. The normalized spacial score (nSPS) is 22.9. The van der Waals surface area contributed by atoms with Crippen LogP contribution in [0.25, 0.3) is 0 Å². The van der Waals surface area contributed by atoms with Gasteiger partial charge in [0.1, 0.15) is 12.4 Å². The number of rotatable bonds is 8. The predicted octanol–water partition coefficient (Wildman–Crippen LogP) is 8.30. The topological polar surface area (TPSA) is 38.8 Å². The molecule has 0 aromatic heterocycles. The van der Waals surface area contributed by atoms with Crippen LogP contribution in [0.3, 0.4) is 0 Å². The van der Waals surface area contributed by atoms with Crippen molar-refractivity contribution < 1.29 is 14.0 Å². The van der Waals surface area contributed by atoms with Crippen molar-refractivity contribution in [3.8, 4) is 5.75 Å². The minimum Gasteiger partial charge on any atom is -0.489 e. The summed E-state index contributed by atoms with van der Waals surface area (Å²) >= 11 is 13.3. The quantitative estimate of drug-likeness (QED) is 0.304. The van der Waals surface area contributed by atoms with Gasteiger partial charge < -0.3 is 14.1 Å². The standard InChI is InChI=1S/C30H41Cl2NO3Si/c1-30(2,3)37(4,5)36-24-13-11-23(12-14-24)33-16-15-22(29(33)34)17-26-27(31)18-25(19-28(26)32)35-20-21-9-7-6-8-10-21/h6-10,18-19,22-24H,11-17,20H2,1-5H3/t22-,23?,24?/m0/s1. The smallest absolute Gasteiger partial charge is 0.226 e. The number of carbonyl (C=O) groups excluding carboxylic acids is 1. The summed E-state index contributed by atoms with van der Waals surface area (Å²) in [6, 6.07) is 13.9. The number of benzene rings is 2. The van der Waals surface area contributed by atoms with E-state index in [2.05, 4.69) is 38.8 Å². The second-order valence-corrected chi connectivity index (χ2v) is 17.7. The maximum Gasteiger partial charge on any atom is 0.226 e. The molecule has 1 saturated heterocycles. The monoisotopic (exact) mass is 561 g/mol. The third-order valence-electron chi connectivity index (χ3n) is 8.52. The van der Waals surface area contributed by atoms with Gasteiger partial charge in [-0.15, -0.1) is 0 Å². The molecule has 0 unspecified atom stereocenters. The van der Waals surface area contributed by atoms with E-state index in [0.717, 1.165) is 49.8 Å². The summed E-state index contributed by atoms with van der Waals surface area (Å²) in [6.07, 6.45) is 5.85. The molecule has 202 valence electrons. The number of halogens is 2. The lowest BCUT2D eigenvalue weighted by Gasteiger charge is -2.42. The Hall–Kier alpha value is -1.53. The number of likely N-dealkylation sites (tertiary alicyclic amines) is 1. The Kier molecular flexibility index (Phi) is 9.00. The molecule has 0 N–H and O–H groups in total. The summed E-state index contributed by atoms with van der Waals surface area (Å²) in [5.74, 6) is 0.802. The van der Waals surface area contributed by atoms with Crippen molar-refractivity contribution in [1.82, 2.24) is 4.90 Å². The molecule has 1 aliphatic heterocycles. The van der Waals surface area contributed by atoms with Crippen LogP contribution in [-0.2, 0) is 22.2 Å². The van der Waals surface area contributed by atoms with Gasteiger partial charge in [0.05, 0.1) is 0 Å². The molecule has 37 heavy (non-hydrogen) atoms. The third kappa shape index (κ3) is 6.92. The average Bonchev–Trinajstić information content (AvgIpc) is 3.20. The van der Waals surface area contributed by atoms with Crippen molar-refractivity contribution in [2.24, 2.45) is 5.92 Å². The first kappa shape index (κ1) is 28.5. The van der Waals surface area contributed by atoms with Crippen molar-refractivity contribution in [1.29, 1.82) is 0 Å². The highest BCUT2D eigenvalue weighted by Crippen LogP contribution is 2.40. The molecule has 4 rings (SSSR count). The highest BCUT2D eigenvalue weighted by molar-refractivity contribution is 6.74. The van der Waals surface area contributed by atoms with Gasteiger partial charge in [0.15, 0.2) is 8.32 Å². The molecule has 1 amide bonds. The summed E-state index contributed by atoms with van der Waals surface area (Å²) in [7, 11) is -1.77. The number of carbonyl (C=O) groups is 1. The van der Waals surface area contributed by atoms with Gasteiger partial charge in [-0.2, -0.15) is 0 Å². The van der Waals surface area contributed by atoms with Crippen molar-refractivity contribution in [3.05, 3.63) is 63.6 Å². The highest BCUT2D eigenvalue weighted by Gasteiger charge is 2.42. The summed E-state index contributed by atoms with van der Waals surface area (Å²) in [5.41, 5.74) is 1.91. The van der Waals surface area contributed by atoms with Crippen LogP contribution in [0.4, 0.5) is 0 Å². The molecular formula is C30H41Cl2NO3Si. The Labute approximate surface area is 233 Å². The second-order valence-electron chi connectivity index (χ2n) is 12.2.